The topological polar surface area (TPSA) is 61.4 Å². The Balaban J connectivity index is 1.58. The summed E-state index contributed by atoms with van der Waals surface area (Å²) in [5.41, 5.74) is 2.15. The summed E-state index contributed by atoms with van der Waals surface area (Å²) >= 11 is 0. The molecule has 1 aromatic rings. The van der Waals surface area contributed by atoms with E-state index in [0.717, 1.165) is 43.9 Å². The Bertz CT molecular complexity index is 595. The van der Waals surface area contributed by atoms with Crippen LogP contribution >= 0.6 is 0 Å². The standard InChI is InChI=1S/C15H23N3O2S/c19-21(20,17-8-11-18-9-2-1-3-10-18)14-4-5-15-13(12-14)6-7-16-15/h4-5,12,16-17H,1-3,6-11H2. The monoisotopic (exact) mass is 309 g/mol. The van der Waals surface area contributed by atoms with E-state index in [-0.39, 0.29) is 0 Å². The number of hydrogen-bond acceptors (Lipinski definition) is 4. The first-order valence-electron chi connectivity index (χ1n) is 7.74. The van der Waals surface area contributed by atoms with Gasteiger partial charge in [-0.3, -0.25) is 0 Å². The molecule has 0 aliphatic carbocycles. The van der Waals surface area contributed by atoms with E-state index in [2.05, 4.69) is 14.9 Å². The van der Waals surface area contributed by atoms with Gasteiger partial charge in [0.25, 0.3) is 0 Å². The van der Waals surface area contributed by atoms with Crippen LogP contribution in [0.2, 0.25) is 0 Å². The summed E-state index contributed by atoms with van der Waals surface area (Å²) in [7, 11) is -3.39. The van der Waals surface area contributed by atoms with Crippen LogP contribution in [0.5, 0.6) is 0 Å². The van der Waals surface area contributed by atoms with Gasteiger partial charge in [-0.05, 0) is 56.1 Å². The summed E-state index contributed by atoms with van der Waals surface area (Å²) in [5, 5.41) is 3.24. The van der Waals surface area contributed by atoms with Gasteiger partial charge in [-0.25, -0.2) is 13.1 Å². The number of anilines is 1. The van der Waals surface area contributed by atoms with Crippen molar-refractivity contribution in [2.75, 3.05) is 38.0 Å². The molecule has 0 unspecified atom stereocenters. The molecular formula is C15H23N3O2S. The van der Waals surface area contributed by atoms with Gasteiger partial charge in [0.05, 0.1) is 4.90 Å². The second-order valence-corrected chi connectivity index (χ2v) is 7.56. The normalized spacial score (nSPS) is 19.2. The minimum absolute atomic E-state index is 0.378. The van der Waals surface area contributed by atoms with E-state index in [0.29, 0.717) is 11.4 Å². The highest BCUT2D eigenvalue weighted by atomic mass is 32.2. The van der Waals surface area contributed by atoms with Crippen molar-refractivity contribution in [3.63, 3.8) is 0 Å². The van der Waals surface area contributed by atoms with Crippen molar-refractivity contribution in [2.24, 2.45) is 0 Å². The third-order valence-corrected chi connectivity index (χ3v) is 5.72. The first kappa shape index (κ1) is 14.8. The van der Waals surface area contributed by atoms with Gasteiger partial charge in [-0.1, -0.05) is 6.42 Å². The van der Waals surface area contributed by atoms with E-state index >= 15 is 0 Å². The van der Waals surface area contributed by atoms with Crippen LogP contribution in [0.1, 0.15) is 24.8 Å². The van der Waals surface area contributed by atoms with Gasteiger partial charge in [-0.15, -0.1) is 0 Å². The molecule has 2 heterocycles. The second kappa shape index (κ2) is 6.34. The number of sulfonamides is 1. The van der Waals surface area contributed by atoms with E-state index in [9.17, 15) is 8.42 Å². The van der Waals surface area contributed by atoms with Crippen LogP contribution in [0.25, 0.3) is 0 Å². The van der Waals surface area contributed by atoms with Crippen LogP contribution in [0.4, 0.5) is 5.69 Å². The first-order valence-corrected chi connectivity index (χ1v) is 9.22. The fraction of sp³-hybridized carbons (Fsp3) is 0.600. The van der Waals surface area contributed by atoms with Gasteiger partial charge < -0.3 is 10.2 Å². The van der Waals surface area contributed by atoms with Crippen molar-refractivity contribution in [1.29, 1.82) is 0 Å². The molecular weight excluding hydrogens is 286 g/mol. The molecule has 1 saturated heterocycles. The maximum Gasteiger partial charge on any atom is 0.240 e. The molecule has 1 fully saturated rings. The molecule has 0 atom stereocenters. The van der Waals surface area contributed by atoms with Crippen molar-refractivity contribution in [3.8, 4) is 0 Å². The van der Waals surface area contributed by atoms with Crippen LogP contribution in [-0.4, -0.2) is 46.0 Å². The van der Waals surface area contributed by atoms with Gasteiger partial charge in [0.1, 0.15) is 0 Å². The third kappa shape index (κ3) is 3.56. The van der Waals surface area contributed by atoms with Crippen molar-refractivity contribution in [3.05, 3.63) is 23.8 Å². The average Bonchev–Trinajstić information content (AvgIpc) is 2.95. The Morgan fingerprint density at radius 1 is 1.19 bits per heavy atom. The lowest BCUT2D eigenvalue weighted by molar-refractivity contribution is 0.233. The van der Waals surface area contributed by atoms with Crippen molar-refractivity contribution in [1.82, 2.24) is 9.62 Å². The summed E-state index contributed by atoms with van der Waals surface area (Å²) in [6.07, 6.45) is 4.65. The molecule has 6 heteroatoms. The fourth-order valence-corrected chi connectivity index (χ4v) is 4.12. The zero-order chi connectivity index (χ0) is 14.7. The summed E-state index contributed by atoms with van der Waals surface area (Å²) in [4.78, 5) is 2.71. The number of nitrogens with one attached hydrogen (secondary N) is 2. The summed E-state index contributed by atoms with van der Waals surface area (Å²) in [6, 6.07) is 5.33. The molecule has 1 aromatic carbocycles. The van der Waals surface area contributed by atoms with Gasteiger partial charge >= 0.3 is 0 Å². The Hall–Kier alpha value is -1.11. The molecule has 2 N–H and O–H groups in total. The van der Waals surface area contributed by atoms with E-state index in [1.807, 2.05) is 6.07 Å². The predicted molar refractivity (Wildman–Crippen MR) is 84.1 cm³/mol. The molecule has 5 nitrogen and oxygen atoms in total. The van der Waals surface area contributed by atoms with Gasteiger partial charge in [-0.2, -0.15) is 0 Å². The predicted octanol–water partition coefficient (Wildman–Crippen LogP) is 1.42. The quantitative estimate of drug-likeness (QED) is 0.863. The van der Waals surface area contributed by atoms with Crippen LogP contribution in [0.15, 0.2) is 23.1 Å². The minimum atomic E-state index is -3.39. The second-order valence-electron chi connectivity index (χ2n) is 5.80. The molecule has 3 rings (SSSR count). The molecule has 0 saturated carbocycles. The summed E-state index contributed by atoms with van der Waals surface area (Å²) in [5.74, 6) is 0. The number of piperidine rings is 1. The van der Waals surface area contributed by atoms with Crippen molar-refractivity contribution in [2.45, 2.75) is 30.6 Å². The van der Waals surface area contributed by atoms with Crippen LogP contribution in [0.3, 0.4) is 0 Å². The van der Waals surface area contributed by atoms with Crippen molar-refractivity contribution < 1.29 is 8.42 Å². The number of benzene rings is 1. The summed E-state index contributed by atoms with van der Waals surface area (Å²) < 4.78 is 27.4. The Morgan fingerprint density at radius 2 is 2.00 bits per heavy atom. The lowest BCUT2D eigenvalue weighted by atomic mass is 10.1. The molecule has 0 bridgehead atoms. The minimum Gasteiger partial charge on any atom is -0.384 e. The van der Waals surface area contributed by atoms with Gasteiger partial charge in [0.2, 0.25) is 10.0 Å². The molecule has 2 aliphatic rings. The zero-order valence-corrected chi connectivity index (χ0v) is 13.1. The molecule has 2 aliphatic heterocycles. The maximum absolute atomic E-state index is 12.3. The van der Waals surface area contributed by atoms with Crippen LogP contribution < -0.4 is 10.0 Å². The number of fused-ring (bicyclic) bond motifs is 1. The lowest BCUT2D eigenvalue weighted by Gasteiger charge is -2.26. The lowest BCUT2D eigenvalue weighted by Crippen LogP contribution is -2.37. The third-order valence-electron chi connectivity index (χ3n) is 4.27. The maximum atomic E-state index is 12.3. The average molecular weight is 309 g/mol. The van der Waals surface area contributed by atoms with Gasteiger partial charge in [0.15, 0.2) is 0 Å². The highest BCUT2D eigenvalue weighted by molar-refractivity contribution is 7.89. The largest absolute Gasteiger partial charge is 0.384 e. The molecule has 0 amide bonds. The van der Waals surface area contributed by atoms with E-state index in [4.69, 9.17) is 0 Å². The van der Waals surface area contributed by atoms with Crippen LogP contribution in [-0.2, 0) is 16.4 Å². The van der Waals surface area contributed by atoms with E-state index < -0.39 is 10.0 Å². The van der Waals surface area contributed by atoms with Crippen LogP contribution in [0, 0.1) is 0 Å². The smallest absolute Gasteiger partial charge is 0.240 e. The number of hydrogen-bond donors (Lipinski definition) is 2. The molecule has 116 valence electrons. The number of likely N-dealkylation sites (tertiary alicyclic amines) is 1. The zero-order valence-electron chi connectivity index (χ0n) is 12.3. The van der Waals surface area contributed by atoms with Crippen molar-refractivity contribution >= 4 is 15.7 Å². The van der Waals surface area contributed by atoms with E-state index in [1.165, 1.54) is 19.3 Å². The fourth-order valence-electron chi connectivity index (χ4n) is 3.05. The first-order chi connectivity index (χ1) is 10.1. The molecule has 0 aromatic heterocycles. The SMILES string of the molecule is O=S(=O)(NCCN1CCCCC1)c1ccc2c(c1)CCN2. The highest BCUT2D eigenvalue weighted by Gasteiger charge is 2.18. The highest BCUT2D eigenvalue weighted by Crippen LogP contribution is 2.24. The molecule has 0 radical (unpaired) electrons. The summed E-state index contributed by atoms with van der Waals surface area (Å²) in [6.45, 7) is 4.35. The Kier molecular flexibility index (Phi) is 4.47. The Morgan fingerprint density at radius 3 is 2.81 bits per heavy atom. The Labute approximate surface area is 126 Å². The molecule has 21 heavy (non-hydrogen) atoms. The number of nitrogens with zero attached hydrogens (tertiary/aromatic N) is 1. The number of rotatable bonds is 5. The molecule has 0 spiro atoms. The van der Waals surface area contributed by atoms with Gasteiger partial charge in [0, 0.05) is 25.3 Å². The van der Waals surface area contributed by atoms with E-state index in [1.54, 1.807) is 12.1 Å².